The predicted octanol–water partition coefficient (Wildman–Crippen LogP) is 2.89. The minimum absolute atomic E-state index is 0.00603. The van der Waals surface area contributed by atoms with E-state index in [1.54, 1.807) is 25.3 Å². The van der Waals surface area contributed by atoms with Crippen LogP contribution in [0.3, 0.4) is 0 Å². The van der Waals surface area contributed by atoms with E-state index in [1.807, 2.05) is 44.2 Å². The van der Waals surface area contributed by atoms with Crippen LogP contribution in [0.4, 0.5) is 5.69 Å². The lowest BCUT2D eigenvalue weighted by Crippen LogP contribution is -2.41. The van der Waals surface area contributed by atoms with Crippen LogP contribution >= 0.6 is 0 Å². The van der Waals surface area contributed by atoms with Crippen LogP contribution in [0.2, 0.25) is 0 Å². The lowest BCUT2D eigenvalue weighted by atomic mass is 10.1. The molecule has 0 aliphatic rings. The van der Waals surface area contributed by atoms with E-state index in [2.05, 4.69) is 16.2 Å². The number of para-hydroxylation sites is 1. The molecule has 3 N–H and O–H groups in total. The summed E-state index contributed by atoms with van der Waals surface area (Å²) >= 11 is 0. The maximum Gasteiger partial charge on any atom is 0.262 e. The van der Waals surface area contributed by atoms with Crippen LogP contribution in [-0.2, 0) is 14.4 Å². The summed E-state index contributed by atoms with van der Waals surface area (Å²) in [6.07, 6.45) is 2.82. The van der Waals surface area contributed by atoms with Crippen LogP contribution in [0.1, 0.15) is 29.5 Å². The van der Waals surface area contributed by atoms with E-state index in [1.165, 1.54) is 6.08 Å². The highest BCUT2D eigenvalue weighted by Crippen LogP contribution is 2.18. The van der Waals surface area contributed by atoms with E-state index < -0.39 is 11.8 Å². The van der Waals surface area contributed by atoms with E-state index in [0.29, 0.717) is 5.75 Å². The minimum Gasteiger partial charge on any atom is -0.496 e. The van der Waals surface area contributed by atoms with Gasteiger partial charge in [0, 0.05) is 30.2 Å². The molecule has 0 saturated carbocycles. The predicted molar refractivity (Wildman–Crippen MR) is 112 cm³/mol. The quantitative estimate of drug-likeness (QED) is 0.496. The number of hydrogen-bond donors (Lipinski definition) is 3. The van der Waals surface area contributed by atoms with E-state index in [9.17, 15) is 14.4 Å². The average molecular weight is 395 g/mol. The second kappa shape index (κ2) is 10.7. The maximum atomic E-state index is 12.0. The van der Waals surface area contributed by atoms with Crippen molar-refractivity contribution in [2.24, 2.45) is 0 Å². The smallest absolute Gasteiger partial charge is 0.262 e. The van der Waals surface area contributed by atoms with Gasteiger partial charge in [-0.25, -0.2) is 0 Å². The molecule has 0 atom stereocenters. The molecule has 0 aliphatic heterocycles. The number of hydrazine groups is 1. The van der Waals surface area contributed by atoms with Crippen molar-refractivity contribution in [3.05, 3.63) is 65.2 Å². The number of amides is 3. The summed E-state index contributed by atoms with van der Waals surface area (Å²) < 4.78 is 5.20. The highest BCUT2D eigenvalue weighted by molar-refractivity contribution is 5.95. The van der Waals surface area contributed by atoms with Crippen LogP contribution in [-0.4, -0.2) is 24.8 Å². The molecule has 29 heavy (non-hydrogen) atoms. The first kappa shape index (κ1) is 21.7. The van der Waals surface area contributed by atoms with Gasteiger partial charge in [-0.2, -0.15) is 0 Å². The summed E-state index contributed by atoms with van der Waals surface area (Å²) in [5.74, 6) is -0.589. The summed E-state index contributed by atoms with van der Waals surface area (Å²) in [7, 11) is 1.54. The Morgan fingerprint density at radius 1 is 0.966 bits per heavy atom. The van der Waals surface area contributed by atoms with Gasteiger partial charge in [-0.3, -0.25) is 25.2 Å². The molecule has 0 saturated heterocycles. The Morgan fingerprint density at radius 2 is 1.69 bits per heavy atom. The van der Waals surface area contributed by atoms with Crippen molar-refractivity contribution < 1.29 is 19.1 Å². The van der Waals surface area contributed by atoms with Crippen LogP contribution in [0, 0.1) is 13.8 Å². The van der Waals surface area contributed by atoms with Crippen LogP contribution in [0.25, 0.3) is 6.08 Å². The maximum absolute atomic E-state index is 12.0. The Balaban J connectivity index is 1.74. The highest BCUT2D eigenvalue weighted by atomic mass is 16.5. The second-order valence-electron chi connectivity index (χ2n) is 6.48. The zero-order chi connectivity index (χ0) is 21.2. The van der Waals surface area contributed by atoms with Gasteiger partial charge >= 0.3 is 0 Å². The van der Waals surface area contributed by atoms with Crippen molar-refractivity contribution in [1.29, 1.82) is 0 Å². The molecular formula is C22H25N3O4. The molecule has 0 aromatic heterocycles. The summed E-state index contributed by atoms with van der Waals surface area (Å²) in [5, 5.41) is 2.78. The number of carbonyl (C=O) groups excluding carboxylic acids is 3. The van der Waals surface area contributed by atoms with Crippen molar-refractivity contribution in [3.8, 4) is 5.75 Å². The van der Waals surface area contributed by atoms with Crippen molar-refractivity contribution in [1.82, 2.24) is 10.9 Å². The zero-order valence-electron chi connectivity index (χ0n) is 16.7. The van der Waals surface area contributed by atoms with Crippen molar-refractivity contribution in [3.63, 3.8) is 0 Å². The number of hydrogen-bond acceptors (Lipinski definition) is 4. The summed E-state index contributed by atoms with van der Waals surface area (Å²) in [6, 6.07) is 12.9. The van der Waals surface area contributed by atoms with Gasteiger partial charge in [-0.05, 0) is 37.6 Å². The fourth-order valence-electron chi connectivity index (χ4n) is 2.60. The first-order valence-corrected chi connectivity index (χ1v) is 9.16. The molecule has 0 heterocycles. The molecule has 3 amide bonds. The lowest BCUT2D eigenvalue weighted by Gasteiger charge is -2.09. The number of benzene rings is 2. The van der Waals surface area contributed by atoms with Crippen molar-refractivity contribution in [2.45, 2.75) is 26.7 Å². The molecule has 2 aromatic rings. The van der Waals surface area contributed by atoms with Gasteiger partial charge in [0.15, 0.2) is 0 Å². The second-order valence-corrected chi connectivity index (χ2v) is 6.48. The Labute approximate surface area is 170 Å². The Kier molecular flexibility index (Phi) is 7.97. The fraction of sp³-hybridized carbons (Fsp3) is 0.227. The third-order valence-electron chi connectivity index (χ3n) is 4.11. The van der Waals surface area contributed by atoms with Gasteiger partial charge in [-0.15, -0.1) is 0 Å². The van der Waals surface area contributed by atoms with E-state index in [0.717, 1.165) is 22.4 Å². The van der Waals surface area contributed by atoms with E-state index in [4.69, 9.17) is 4.74 Å². The number of aryl methyl sites for hydroxylation is 2. The fourth-order valence-corrected chi connectivity index (χ4v) is 2.60. The molecule has 2 aromatic carbocycles. The lowest BCUT2D eigenvalue weighted by molar-refractivity contribution is -0.128. The largest absolute Gasteiger partial charge is 0.496 e. The van der Waals surface area contributed by atoms with Crippen molar-refractivity contribution >= 4 is 29.5 Å². The summed E-state index contributed by atoms with van der Waals surface area (Å²) in [4.78, 5) is 35.7. The van der Waals surface area contributed by atoms with Gasteiger partial charge in [0.1, 0.15) is 5.75 Å². The van der Waals surface area contributed by atoms with Gasteiger partial charge in [0.25, 0.3) is 5.91 Å². The number of methoxy groups -OCH3 is 1. The average Bonchev–Trinajstić information content (AvgIpc) is 2.71. The number of rotatable bonds is 7. The molecule has 7 nitrogen and oxygen atoms in total. The third kappa shape index (κ3) is 7.14. The molecule has 7 heteroatoms. The van der Waals surface area contributed by atoms with Gasteiger partial charge in [0.2, 0.25) is 11.8 Å². The number of nitrogens with one attached hydrogen (secondary N) is 3. The molecule has 0 radical (unpaired) electrons. The molecule has 0 spiro atoms. The van der Waals surface area contributed by atoms with Crippen LogP contribution in [0.15, 0.2) is 48.5 Å². The van der Waals surface area contributed by atoms with Gasteiger partial charge in [-0.1, -0.05) is 35.9 Å². The molecule has 0 aliphatic carbocycles. The number of ether oxygens (including phenoxy) is 1. The van der Waals surface area contributed by atoms with Gasteiger partial charge in [0.05, 0.1) is 7.11 Å². The molecule has 152 valence electrons. The Bertz CT molecular complexity index is 922. The number of carbonyl (C=O) groups is 3. The first-order valence-electron chi connectivity index (χ1n) is 9.16. The SMILES string of the molecule is COc1ccccc1/C=C/C(=O)NNC(=O)CCC(=O)Nc1ccc(C)cc1C. The molecule has 0 bridgehead atoms. The normalized spacial score (nSPS) is 10.4. The monoisotopic (exact) mass is 395 g/mol. The topological polar surface area (TPSA) is 96.5 Å². The molecular weight excluding hydrogens is 370 g/mol. The highest BCUT2D eigenvalue weighted by Gasteiger charge is 2.09. The van der Waals surface area contributed by atoms with E-state index in [-0.39, 0.29) is 18.7 Å². The summed E-state index contributed by atoms with van der Waals surface area (Å²) in [6.45, 7) is 3.88. The van der Waals surface area contributed by atoms with Crippen LogP contribution in [0.5, 0.6) is 5.75 Å². The minimum atomic E-state index is -0.496. The standard InChI is InChI=1S/C22H25N3O4/c1-15-8-10-18(16(2)14-15)23-20(26)12-13-22(28)25-24-21(27)11-9-17-6-4-5-7-19(17)29-3/h4-11,14H,12-13H2,1-3H3,(H,23,26)(H,24,27)(H,25,28)/b11-9+. The summed E-state index contributed by atoms with van der Waals surface area (Å²) in [5.41, 5.74) is 8.08. The number of anilines is 1. The first-order chi connectivity index (χ1) is 13.9. The molecule has 0 fully saturated rings. The zero-order valence-corrected chi connectivity index (χ0v) is 16.7. The molecule has 2 rings (SSSR count). The molecule has 0 unspecified atom stereocenters. The Morgan fingerprint density at radius 3 is 2.41 bits per heavy atom. The third-order valence-corrected chi connectivity index (χ3v) is 4.11. The van der Waals surface area contributed by atoms with Crippen molar-refractivity contribution in [2.75, 3.05) is 12.4 Å². The van der Waals surface area contributed by atoms with Crippen LogP contribution < -0.4 is 20.9 Å². The Hall–Kier alpha value is -3.61. The van der Waals surface area contributed by atoms with Gasteiger partial charge < -0.3 is 10.1 Å². The van der Waals surface area contributed by atoms with E-state index >= 15 is 0 Å².